The van der Waals surface area contributed by atoms with Gasteiger partial charge in [-0.15, -0.1) is 0 Å². The molecule has 7 heteroatoms. The van der Waals surface area contributed by atoms with E-state index in [4.69, 9.17) is 0 Å². The normalized spacial score (nSPS) is 17.6. The van der Waals surface area contributed by atoms with Gasteiger partial charge in [-0.3, -0.25) is 4.79 Å². The van der Waals surface area contributed by atoms with Crippen molar-refractivity contribution >= 4 is 11.7 Å². The third-order valence-electron chi connectivity index (χ3n) is 3.29. The molecule has 0 amide bonds. The van der Waals surface area contributed by atoms with Crippen LogP contribution in [-0.4, -0.2) is 26.0 Å². The molecule has 1 aromatic heterocycles. The maximum absolute atomic E-state index is 14.1. The monoisotopic (exact) mass is 273 g/mol. The van der Waals surface area contributed by atoms with Crippen molar-refractivity contribution in [3.8, 4) is 0 Å². The molecule has 1 aliphatic heterocycles. The Morgan fingerprint density at radius 1 is 1.40 bits per heavy atom. The summed E-state index contributed by atoms with van der Waals surface area (Å²) in [5.74, 6) is -0.155. The summed E-state index contributed by atoms with van der Waals surface area (Å²) in [4.78, 5) is 11.9. The molecule has 102 valence electrons. The van der Waals surface area contributed by atoms with Gasteiger partial charge in [-0.1, -0.05) is 23.3 Å². The van der Waals surface area contributed by atoms with Gasteiger partial charge < -0.3 is 5.32 Å². The summed E-state index contributed by atoms with van der Waals surface area (Å²) < 4.78 is 15.5. The Labute approximate surface area is 114 Å². The SMILES string of the molecule is CC(=O)C1=C(C)Nc2nnnn2C1c1ccccc1F. The van der Waals surface area contributed by atoms with E-state index in [0.717, 1.165) is 0 Å². The molecule has 1 aliphatic rings. The van der Waals surface area contributed by atoms with E-state index >= 15 is 0 Å². The first-order chi connectivity index (χ1) is 9.59. The largest absolute Gasteiger partial charge is 0.327 e. The number of nitrogens with one attached hydrogen (secondary N) is 1. The lowest BCUT2D eigenvalue weighted by molar-refractivity contribution is -0.114. The van der Waals surface area contributed by atoms with Gasteiger partial charge in [0.15, 0.2) is 5.78 Å². The van der Waals surface area contributed by atoms with E-state index in [2.05, 4.69) is 20.8 Å². The highest BCUT2D eigenvalue weighted by molar-refractivity contribution is 5.96. The molecule has 0 aliphatic carbocycles. The molecule has 2 aromatic rings. The number of fused-ring (bicyclic) bond motifs is 1. The van der Waals surface area contributed by atoms with Crippen LogP contribution in [0.15, 0.2) is 35.5 Å². The Morgan fingerprint density at radius 2 is 2.15 bits per heavy atom. The number of Topliss-reactive ketones (excluding diaryl/α,β-unsaturated/α-hetero) is 1. The summed E-state index contributed by atoms with van der Waals surface area (Å²) >= 11 is 0. The van der Waals surface area contributed by atoms with E-state index in [1.807, 2.05) is 0 Å². The van der Waals surface area contributed by atoms with Crippen molar-refractivity contribution in [3.63, 3.8) is 0 Å². The molecule has 6 nitrogen and oxygen atoms in total. The second-order valence-electron chi connectivity index (χ2n) is 4.59. The maximum atomic E-state index is 14.1. The summed E-state index contributed by atoms with van der Waals surface area (Å²) in [5.41, 5.74) is 1.45. The second kappa shape index (κ2) is 4.52. The smallest absolute Gasteiger partial charge is 0.248 e. The molecule has 0 saturated carbocycles. The molecule has 20 heavy (non-hydrogen) atoms. The number of aromatic nitrogens is 4. The Kier molecular flexibility index (Phi) is 2.81. The third kappa shape index (κ3) is 1.78. The van der Waals surface area contributed by atoms with Crippen molar-refractivity contribution in [2.75, 3.05) is 5.32 Å². The van der Waals surface area contributed by atoms with Gasteiger partial charge >= 0.3 is 0 Å². The van der Waals surface area contributed by atoms with Gasteiger partial charge in [-0.2, -0.15) is 4.68 Å². The zero-order valence-corrected chi connectivity index (χ0v) is 11.0. The molecular weight excluding hydrogens is 261 g/mol. The molecule has 1 unspecified atom stereocenters. The zero-order chi connectivity index (χ0) is 14.3. The number of carbonyl (C=O) groups is 1. The van der Waals surface area contributed by atoms with Crippen LogP contribution >= 0.6 is 0 Å². The molecule has 3 rings (SSSR count). The van der Waals surface area contributed by atoms with Crippen LogP contribution in [-0.2, 0) is 4.79 Å². The fourth-order valence-corrected chi connectivity index (χ4v) is 2.45. The summed E-state index contributed by atoms with van der Waals surface area (Å²) in [6, 6.07) is 5.66. The van der Waals surface area contributed by atoms with E-state index in [1.54, 1.807) is 25.1 Å². The number of carbonyl (C=O) groups excluding carboxylic acids is 1. The number of rotatable bonds is 2. The number of anilines is 1. The predicted octanol–water partition coefficient (Wildman–Crippen LogP) is 1.69. The van der Waals surface area contributed by atoms with Crippen LogP contribution < -0.4 is 5.32 Å². The van der Waals surface area contributed by atoms with Crippen LogP contribution in [0.25, 0.3) is 0 Å². The first kappa shape index (κ1) is 12.5. The Bertz CT molecular complexity index is 721. The molecular formula is C13H12FN5O. The van der Waals surface area contributed by atoms with Crippen LogP contribution in [0.3, 0.4) is 0 Å². The molecule has 0 spiro atoms. The van der Waals surface area contributed by atoms with E-state index in [0.29, 0.717) is 22.8 Å². The number of nitrogens with zero attached hydrogens (tertiary/aromatic N) is 4. The van der Waals surface area contributed by atoms with Gasteiger partial charge in [0.05, 0.1) is 0 Å². The average molecular weight is 273 g/mol. The minimum atomic E-state index is -0.653. The molecule has 1 aromatic carbocycles. The lowest BCUT2D eigenvalue weighted by Crippen LogP contribution is -2.28. The van der Waals surface area contributed by atoms with Crippen LogP contribution in [0.2, 0.25) is 0 Å². The van der Waals surface area contributed by atoms with Crippen molar-refractivity contribution in [1.82, 2.24) is 20.2 Å². The molecule has 1 atom stereocenters. The molecule has 0 bridgehead atoms. The van der Waals surface area contributed by atoms with Crippen molar-refractivity contribution in [2.45, 2.75) is 19.9 Å². The molecule has 0 fully saturated rings. The average Bonchev–Trinajstić information content (AvgIpc) is 2.85. The lowest BCUT2D eigenvalue weighted by atomic mass is 9.93. The van der Waals surface area contributed by atoms with Crippen LogP contribution in [0.1, 0.15) is 25.5 Å². The number of allylic oxidation sites excluding steroid dienone is 2. The quantitative estimate of drug-likeness (QED) is 0.901. The van der Waals surface area contributed by atoms with Crippen molar-refractivity contribution in [2.24, 2.45) is 0 Å². The van der Waals surface area contributed by atoms with Gasteiger partial charge in [-0.05, 0) is 30.3 Å². The number of hydrogen-bond acceptors (Lipinski definition) is 5. The summed E-state index contributed by atoms with van der Waals surface area (Å²) in [6.45, 7) is 3.20. The van der Waals surface area contributed by atoms with E-state index in [9.17, 15) is 9.18 Å². The maximum Gasteiger partial charge on any atom is 0.248 e. The first-order valence-electron chi connectivity index (χ1n) is 6.10. The standard InChI is InChI=1S/C13H12FN5O/c1-7-11(8(2)20)12(9-5-3-4-6-10(9)14)19-13(15-7)16-17-18-19/h3-6,12H,1-2H3,(H,15,16,18). The summed E-state index contributed by atoms with van der Waals surface area (Å²) in [7, 11) is 0. The van der Waals surface area contributed by atoms with Crippen LogP contribution in [0.5, 0.6) is 0 Å². The first-order valence-corrected chi connectivity index (χ1v) is 6.10. The minimum absolute atomic E-state index is 0.149. The van der Waals surface area contributed by atoms with Crippen molar-refractivity contribution in [3.05, 3.63) is 46.9 Å². The highest BCUT2D eigenvalue weighted by Crippen LogP contribution is 2.35. The highest BCUT2D eigenvalue weighted by Gasteiger charge is 2.33. The zero-order valence-electron chi connectivity index (χ0n) is 11.0. The Hall–Kier alpha value is -2.57. The van der Waals surface area contributed by atoms with E-state index in [-0.39, 0.29) is 5.78 Å². The van der Waals surface area contributed by atoms with E-state index in [1.165, 1.54) is 17.7 Å². The molecule has 0 radical (unpaired) electrons. The van der Waals surface area contributed by atoms with Crippen LogP contribution in [0, 0.1) is 5.82 Å². The number of halogens is 1. The van der Waals surface area contributed by atoms with Gasteiger partial charge in [0.1, 0.15) is 11.9 Å². The number of tetrazole rings is 1. The number of benzene rings is 1. The van der Waals surface area contributed by atoms with Gasteiger partial charge in [0.2, 0.25) is 5.95 Å². The molecule has 0 saturated heterocycles. The molecule has 1 N–H and O–H groups in total. The number of hydrogen-bond donors (Lipinski definition) is 1. The Balaban J connectivity index is 2.25. The fraction of sp³-hybridized carbons (Fsp3) is 0.231. The van der Waals surface area contributed by atoms with Crippen LogP contribution in [0.4, 0.5) is 10.3 Å². The minimum Gasteiger partial charge on any atom is -0.327 e. The van der Waals surface area contributed by atoms with Gasteiger partial charge in [0.25, 0.3) is 0 Å². The third-order valence-corrected chi connectivity index (χ3v) is 3.29. The summed E-state index contributed by atoms with van der Waals surface area (Å²) in [6.07, 6.45) is 0. The number of ketones is 1. The predicted molar refractivity (Wildman–Crippen MR) is 69.4 cm³/mol. The highest BCUT2D eigenvalue weighted by atomic mass is 19.1. The summed E-state index contributed by atoms with van der Waals surface area (Å²) in [5, 5.41) is 14.2. The topological polar surface area (TPSA) is 72.7 Å². The second-order valence-corrected chi connectivity index (χ2v) is 4.59. The van der Waals surface area contributed by atoms with Gasteiger partial charge in [0, 0.05) is 16.8 Å². The van der Waals surface area contributed by atoms with Crippen molar-refractivity contribution in [1.29, 1.82) is 0 Å². The molecule has 2 heterocycles. The van der Waals surface area contributed by atoms with Gasteiger partial charge in [-0.25, -0.2) is 4.39 Å². The Morgan fingerprint density at radius 3 is 2.85 bits per heavy atom. The lowest BCUT2D eigenvalue weighted by Gasteiger charge is -2.27. The van der Waals surface area contributed by atoms with Crippen molar-refractivity contribution < 1.29 is 9.18 Å². The van der Waals surface area contributed by atoms with E-state index < -0.39 is 11.9 Å². The fourth-order valence-electron chi connectivity index (χ4n) is 2.45.